The van der Waals surface area contributed by atoms with Gasteiger partial charge in [-0.25, -0.2) is 4.98 Å². The molecule has 0 bridgehead atoms. The first-order valence-electron chi connectivity index (χ1n) is 11.0. The van der Waals surface area contributed by atoms with Crippen LogP contribution >= 0.6 is 0 Å². The van der Waals surface area contributed by atoms with Crippen LogP contribution in [0.15, 0.2) is 54.9 Å². The van der Waals surface area contributed by atoms with E-state index >= 15 is 0 Å². The number of nitrogens with zero attached hydrogens (tertiary/aromatic N) is 2. The molecule has 2 nitrogen and oxygen atoms in total. The number of aromatic nitrogens is 2. The average molecular weight is 387 g/mol. The van der Waals surface area contributed by atoms with E-state index in [-0.39, 0.29) is 0 Å². The third-order valence-corrected chi connectivity index (χ3v) is 5.89. The molecule has 1 aliphatic rings. The molecule has 0 radical (unpaired) electrons. The lowest BCUT2D eigenvalue weighted by atomic mass is 9.74. The van der Waals surface area contributed by atoms with Crippen LogP contribution in [0.5, 0.6) is 0 Å². The van der Waals surface area contributed by atoms with Crippen LogP contribution in [-0.2, 0) is 6.54 Å². The van der Waals surface area contributed by atoms with E-state index in [0.717, 1.165) is 35.8 Å². The summed E-state index contributed by atoms with van der Waals surface area (Å²) in [5.74, 6) is 9.84. The van der Waals surface area contributed by atoms with Crippen molar-refractivity contribution in [1.82, 2.24) is 9.55 Å². The van der Waals surface area contributed by atoms with Gasteiger partial charge in [0.05, 0.1) is 0 Å². The highest BCUT2D eigenvalue weighted by atomic mass is 15.1. The fraction of sp³-hybridized carbons (Fsp3) is 0.444. The van der Waals surface area contributed by atoms with Gasteiger partial charge in [-0.05, 0) is 54.0 Å². The maximum atomic E-state index is 4.47. The Hall–Kier alpha value is -2.53. The molecule has 0 aliphatic heterocycles. The lowest BCUT2D eigenvalue weighted by Gasteiger charge is -2.30. The van der Waals surface area contributed by atoms with E-state index in [1.165, 1.54) is 30.4 Å². The maximum absolute atomic E-state index is 4.47. The van der Waals surface area contributed by atoms with Crippen LogP contribution in [0.3, 0.4) is 0 Å². The molecule has 1 aromatic heterocycles. The van der Waals surface area contributed by atoms with Gasteiger partial charge in [0.25, 0.3) is 0 Å². The SMILES string of the molecule is C=C(/C=C(\CC)c1ccc(C#CC2CC(CC)C2)cc1)Cn1ccnc1C(C)C. The summed E-state index contributed by atoms with van der Waals surface area (Å²) < 4.78 is 2.19. The molecule has 152 valence electrons. The lowest BCUT2D eigenvalue weighted by molar-refractivity contribution is 0.241. The fourth-order valence-electron chi connectivity index (χ4n) is 4.00. The topological polar surface area (TPSA) is 17.8 Å². The van der Waals surface area contributed by atoms with Crippen molar-refractivity contribution >= 4 is 5.57 Å². The van der Waals surface area contributed by atoms with E-state index in [2.05, 4.69) is 86.0 Å². The number of imidazole rings is 1. The molecule has 29 heavy (non-hydrogen) atoms. The summed E-state index contributed by atoms with van der Waals surface area (Å²) in [6.45, 7) is 13.9. The van der Waals surface area contributed by atoms with Crippen molar-refractivity contribution in [2.75, 3.05) is 0 Å². The predicted molar refractivity (Wildman–Crippen MR) is 124 cm³/mol. The van der Waals surface area contributed by atoms with Gasteiger partial charge in [-0.15, -0.1) is 0 Å². The van der Waals surface area contributed by atoms with Crippen molar-refractivity contribution in [2.45, 2.75) is 65.8 Å². The van der Waals surface area contributed by atoms with Crippen molar-refractivity contribution in [2.24, 2.45) is 11.8 Å². The highest BCUT2D eigenvalue weighted by Crippen LogP contribution is 2.35. The molecule has 0 amide bonds. The largest absolute Gasteiger partial charge is 0.330 e. The Morgan fingerprint density at radius 2 is 1.97 bits per heavy atom. The van der Waals surface area contributed by atoms with Crippen molar-refractivity contribution in [3.8, 4) is 11.8 Å². The van der Waals surface area contributed by atoms with Crippen LogP contribution in [-0.4, -0.2) is 9.55 Å². The predicted octanol–water partition coefficient (Wildman–Crippen LogP) is 6.84. The molecule has 0 spiro atoms. The Morgan fingerprint density at radius 3 is 2.59 bits per heavy atom. The Morgan fingerprint density at radius 1 is 1.24 bits per heavy atom. The van der Waals surface area contributed by atoms with Crippen LogP contribution in [0.25, 0.3) is 5.57 Å². The first kappa shape index (κ1) is 21.2. The zero-order chi connectivity index (χ0) is 20.8. The minimum atomic E-state index is 0.411. The molecule has 0 atom stereocenters. The monoisotopic (exact) mass is 386 g/mol. The molecule has 1 aliphatic carbocycles. The molecule has 0 unspecified atom stereocenters. The smallest absolute Gasteiger partial charge is 0.111 e. The number of hydrogen-bond acceptors (Lipinski definition) is 1. The third-order valence-electron chi connectivity index (χ3n) is 5.89. The third kappa shape index (κ3) is 5.51. The van der Waals surface area contributed by atoms with Crippen LogP contribution < -0.4 is 0 Å². The number of hydrogen-bond donors (Lipinski definition) is 0. The molecule has 0 N–H and O–H groups in total. The van der Waals surface area contributed by atoms with Gasteiger partial charge in [0.1, 0.15) is 5.82 Å². The van der Waals surface area contributed by atoms with Crippen molar-refractivity contribution < 1.29 is 0 Å². The molecule has 2 aromatic rings. The van der Waals surface area contributed by atoms with E-state index in [9.17, 15) is 0 Å². The number of rotatable bonds is 7. The lowest BCUT2D eigenvalue weighted by Crippen LogP contribution is -2.21. The second-order valence-electron chi connectivity index (χ2n) is 8.54. The van der Waals surface area contributed by atoms with Crippen LogP contribution in [0.2, 0.25) is 0 Å². The van der Waals surface area contributed by atoms with Gasteiger partial charge in [-0.3, -0.25) is 0 Å². The minimum absolute atomic E-state index is 0.411. The molecule has 1 aromatic carbocycles. The van der Waals surface area contributed by atoms with Gasteiger partial charge in [0, 0.05) is 36.3 Å². The molecule has 0 saturated heterocycles. The van der Waals surface area contributed by atoms with E-state index in [0.29, 0.717) is 11.8 Å². The zero-order valence-corrected chi connectivity index (χ0v) is 18.4. The molecule has 2 heteroatoms. The molecule has 1 fully saturated rings. The summed E-state index contributed by atoms with van der Waals surface area (Å²) >= 11 is 0. The van der Waals surface area contributed by atoms with E-state index in [1.54, 1.807) is 0 Å². The van der Waals surface area contributed by atoms with Crippen molar-refractivity contribution in [3.05, 3.63) is 71.8 Å². The molecule has 1 heterocycles. The molecule has 3 rings (SSSR count). The second kappa shape index (κ2) is 9.79. The average Bonchev–Trinajstić information content (AvgIpc) is 3.14. The van der Waals surface area contributed by atoms with Crippen molar-refractivity contribution in [3.63, 3.8) is 0 Å². The van der Waals surface area contributed by atoms with E-state index < -0.39 is 0 Å². The molecule has 1 saturated carbocycles. The summed E-state index contributed by atoms with van der Waals surface area (Å²) in [5.41, 5.74) is 4.78. The van der Waals surface area contributed by atoms with Crippen LogP contribution in [0, 0.1) is 23.7 Å². The number of allylic oxidation sites excluding steroid dienone is 3. The van der Waals surface area contributed by atoms with Gasteiger partial charge < -0.3 is 4.57 Å². The Labute approximate surface area is 176 Å². The quantitative estimate of drug-likeness (QED) is 0.376. The van der Waals surface area contributed by atoms with E-state index in [1.807, 2.05) is 12.4 Å². The van der Waals surface area contributed by atoms with Crippen LogP contribution in [0.4, 0.5) is 0 Å². The normalized spacial score (nSPS) is 18.9. The standard InChI is InChI=1S/C27H34N2/c1-6-22-17-24(18-22)9-8-23-10-12-26(13-11-23)25(7-2)16-21(5)19-29-15-14-28-27(29)20(3)4/h10-16,20,22,24H,5-7,17-19H2,1-4H3/b25-16+. The summed E-state index contributed by atoms with van der Waals surface area (Å²) in [4.78, 5) is 4.47. The summed E-state index contributed by atoms with van der Waals surface area (Å²) in [5, 5.41) is 0. The van der Waals surface area contributed by atoms with Gasteiger partial charge >= 0.3 is 0 Å². The van der Waals surface area contributed by atoms with E-state index in [4.69, 9.17) is 0 Å². The molecular formula is C27H34N2. The Kier molecular flexibility index (Phi) is 7.15. The van der Waals surface area contributed by atoms with Gasteiger partial charge in [0.15, 0.2) is 0 Å². The second-order valence-corrected chi connectivity index (χ2v) is 8.54. The Balaban J connectivity index is 1.65. The maximum Gasteiger partial charge on any atom is 0.111 e. The van der Waals surface area contributed by atoms with Gasteiger partial charge in [-0.2, -0.15) is 0 Å². The highest BCUT2D eigenvalue weighted by molar-refractivity contribution is 5.68. The summed E-state index contributed by atoms with van der Waals surface area (Å²) in [6, 6.07) is 8.69. The zero-order valence-electron chi connectivity index (χ0n) is 18.4. The first-order chi connectivity index (χ1) is 14.0. The number of benzene rings is 1. The van der Waals surface area contributed by atoms with Gasteiger partial charge in [0.2, 0.25) is 0 Å². The Bertz CT molecular complexity index is 909. The van der Waals surface area contributed by atoms with Crippen molar-refractivity contribution in [1.29, 1.82) is 0 Å². The van der Waals surface area contributed by atoms with Gasteiger partial charge in [-0.1, -0.05) is 70.7 Å². The highest BCUT2D eigenvalue weighted by Gasteiger charge is 2.25. The first-order valence-corrected chi connectivity index (χ1v) is 11.0. The summed E-state index contributed by atoms with van der Waals surface area (Å²) in [6.07, 6.45) is 11.0. The summed E-state index contributed by atoms with van der Waals surface area (Å²) in [7, 11) is 0. The minimum Gasteiger partial charge on any atom is -0.330 e. The van der Waals surface area contributed by atoms with Crippen LogP contribution in [0.1, 0.15) is 76.2 Å². The fourth-order valence-corrected chi connectivity index (χ4v) is 4.00. The molecular weight excluding hydrogens is 352 g/mol.